The highest BCUT2D eigenvalue weighted by Gasteiger charge is 2.45. The number of imide groups is 2. The van der Waals surface area contributed by atoms with Crippen molar-refractivity contribution in [2.24, 2.45) is 0 Å². The average Bonchev–Trinajstić information content (AvgIpc) is 2.87. The van der Waals surface area contributed by atoms with Crippen LogP contribution in [0.5, 0.6) is 5.75 Å². The number of esters is 1. The first-order valence-electron chi connectivity index (χ1n) is 7.98. The molecule has 136 valence electrons. The molecule has 9 nitrogen and oxygen atoms in total. The van der Waals surface area contributed by atoms with E-state index in [1.165, 1.54) is 19.2 Å². The Labute approximate surface area is 148 Å². The fraction of sp³-hybridized carbons (Fsp3) is 0.353. The van der Waals surface area contributed by atoms with Crippen LogP contribution in [0, 0.1) is 0 Å². The topological polar surface area (TPSA) is 119 Å². The molecule has 2 aliphatic heterocycles. The van der Waals surface area contributed by atoms with Crippen molar-refractivity contribution in [3.63, 3.8) is 0 Å². The van der Waals surface area contributed by atoms with Gasteiger partial charge in [0.2, 0.25) is 11.8 Å². The summed E-state index contributed by atoms with van der Waals surface area (Å²) >= 11 is 0. The van der Waals surface area contributed by atoms with Gasteiger partial charge in [-0.3, -0.25) is 34.2 Å². The minimum absolute atomic E-state index is 0.0147. The lowest BCUT2D eigenvalue weighted by molar-refractivity contribution is -0.141. The Kier molecular flexibility index (Phi) is 4.70. The van der Waals surface area contributed by atoms with Gasteiger partial charge in [0.05, 0.1) is 31.3 Å². The molecule has 0 aliphatic carbocycles. The van der Waals surface area contributed by atoms with Gasteiger partial charge >= 0.3 is 5.97 Å². The van der Waals surface area contributed by atoms with E-state index >= 15 is 0 Å². The van der Waals surface area contributed by atoms with Crippen molar-refractivity contribution in [3.8, 4) is 5.75 Å². The molecule has 0 radical (unpaired) electrons. The Balaban J connectivity index is 1.83. The third-order valence-corrected chi connectivity index (χ3v) is 4.22. The molecule has 1 atom stereocenters. The zero-order valence-electron chi connectivity index (χ0n) is 13.9. The molecule has 0 aromatic heterocycles. The number of nitrogens with one attached hydrogen (secondary N) is 1. The third kappa shape index (κ3) is 3.03. The van der Waals surface area contributed by atoms with Crippen molar-refractivity contribution in [2.45, 2.75) is 25.3 Å². The molecule has 1 aromatic rings. The molecule has 1 fully saturated rings. The quantitative estimate of drug-likeness (QED) is 0.581. The number of hydrogen-bond acceptors (Lipinski definition) is 7. The summed E-state index contributed by atoms with van der Waals surface area (Å²) in [6.45, 7) is -0.0248. The van der Waals surface area contributed by atoms with Gasteiger partial charge in [0.25, 0.3) is 11.8 Å². The van der Waals surface area contributed by atoms with E-state index in [-0.39, 0.29) is 42.7 Å². The van der Waals surface area contributed by atoms with Gasteiger partial charge in [0.15, 0.2) is 0 Å². The minimum Gasteiger partial charge on any atom is -0.492 e. The molecule has 26 heavy (non-hydrogen) atoms. The van der Waals surface area contributed by atoms with Crippen molar-refractivity contribution in [2.75, 3.05) is 13.7 Å². The summed E-state index contributed by atoms with van der Waals surface area (Å²) in [5.74, 6) is -2.70. The number of amides is 4. The SMILES string of the molecule is COC(=O)CCOc1cccc2c1C(=O)N(C1CCC(=O)NC1=O)C2=O. The van der Waals surface area contributed by atoms with Gasteiger partial charge in [-0.1, -0.05) is 6.07 Å². The van der Waals surface area contributed by atoms with Crippen molar-refractivity contribution < 1.29 is 33.4 Å². The summed E-state index contributed by atoms with van der Waals surface area (Å²) in [4.78, 5) is 60.8. The molecule has 1 unspecified atom stereocenters. The normalized spacial score (nSPS) is 19.3. The van der Waals surface area contributed by atoms with Gasteiger partial charge in [-0.15, -0.1) is 0 Å². The maximum Gasteiger partial charge on any atom is 0.308 e. The molecule has 1 N–H and O–H groups in total. The number of rotatable bonds is 5. The predicted octanol–water partition coefficient (Wildman–Crippen LogP) is 0.0297. The maximum atomic E-state index is 12.8. The van der Waals surface area contributed by atoms with Crippen LogP contribution in [-0.2, 0) is 19.1 Å². The van der Waals surface area contributed by atoms with Crippen LogP contribution in [0.2, 0.25) is 0 Å². The lowest BCUT2D eigenvalue weighted by Crippen LogP contribution is -2.54. The highest BCUT2D eigenvalue weighted by molar-refractivity contribution is 6.24. The predicted molar refractivity (Wildman–Crippen MR) is 85.2 cm³/mol. The Bertz CT molecular complexity index is 817. The van der Waals surface area contributed by atoms with Crippen LogP contribution < -0.4 is 10.1 Å². The first-order chi connectivity index (χ1) is 12.4. The van der Waals surface area contributed by atoms with E-state index in [2.05, 4.69) is 10.1 Å². The van der Waals surface area contributed by atoms with Crippen LogP contribution in [0.1, 0.15) is 40.0 Å². The number of benzene rings is 1. The number of methoxy groups -OCH3 is 1. The van der Waals surface area contributed by atoms with Crippen LogP contribution >= 0.6 is 0 Å². The maximum absolute atomic E-state index is 12.8. The number of fused-ring (bicyclic) bond motifs is 1. The standard InChI is InChI=1S/C17H16N2O7/c1-25-13(21)7-8-26-11-4-2-3-9-14(11)17(24)19(16(9)23)10-5-6-12(20)18-15(10)22/h2-4,10H,5-8H2,1H3,(H,18,20,22). The van der Waals surface area contributed by atoms with Crippen molar-refractivity contribution >= 4 is 29.6 Å². The zero-order valence-corrected chi connectivity index (χ0v) is 13.9. The molecule has 9 heteroatoms. The fourth-order valence-electron chi connectivity index (χ4n) is 2.95. The monoisotopic (exact) mass is 360 g/mol. The highest BCUT2D eigenvalue weighted by Crippen LogP contribution is 2.33. The highest BCUT2D eigenvalue weighted by atomic mass is 16.5. The van der Waals surface area contributed by atoms with E-state index in [9.17, 15) is 24.0 Å². The molecule has 2 aliphatic rings. The lowest BCUT2D eigenvalue weighted by Gasteiger charge is -2.27. The van der Waals surface area contributed by atoms with E-state index in [0.29, 0.717) is 0 Å². The van der Waals surface area contributed by atoms with E-state index < -0.39 is 35.6 Å². The molecule has 0 saturated carbocycles. The molecule has 0 bridgehead atoms. The summed E-state index contributed by atoms with van der Waals surface area (Å²) in [5.41, 5.74) is 0.169. The summed E-state index contributed by atoms with van der Waals surface area (Å²) < 4.78 is 9.98. The number of piperidine rings is 1. The van der Waals surface area contributed by atoms with E-state index in [4.69, 9.17) is 4.74 Å². The third-order valence-electron chi connectivity index (χ3n) is 4.22. The Morgan fingerprint density at radius 2 is 2.00 bits per heavy atom. The largest absolute Gasteiger partial charge is 0.492 e. The molecule has 1 aromatic carbocycles. The van der Waals surface area contributed by atoms with Crippen LogP contribution in [-0.4, -0.2) is 54.3 Å². The lowest BCUT2D eigenvalue weighted by atomic mass is 10.0. The number of carbonyl (C=O) groups is 5. The average molecular weight is 360 g/mol. The number of carbonyl (C=O) groups excluding carboxylic acids is 5. The summed E-state index contributed by atoms with van der Waals surface area (Å²) in [7, 11) is 1.25. The van der Waals surface area contributed by atoms with E-state index in [0.717, 1.165) is 4.90 Å². The van der Waals surface area contributed by atoms with Crippen molar-refractivity contribution in [1.29, 1.82) is 0 Å². The van der Waals surface area contributed by atoms with Crippen LogP contribution in [0.4, 0.5) is 0 Å². The molecule has 4 amide bonds. The second kappa shape index (κ2) is 6.95. The van der Waals surface area contributed by atoms with Crippen molar-refractivity contribution in [3.05, 3.63) is 29.3 Å². The van der Waals surface area contributed by atoms with Crippen LogP contribution in [0.3, 0.4) is 0 Å². The van der Waals surface area contributed by atoms with Crippen LogP contribution in [0.15, 0.2) is 18.2 Å². The summed E-state index contributed by atoms with van der Waals surface area (Å²) in [5, 5.41) is 2.14. The zero-order chi connectivity index (χ0) is 18.8. The Morgan fingerprint density at radius 1 is 1.23 bits per heavy atom. The van der Waals surface area contributed by atoms with E-state index in [1.807, 2.05) is 0 Å². The van der Waals surface area contributed by atoms with Gasteiger partial charge in [0.1, 0.15) is 11.8 Å². The molecule has 2 heterocycles. The second-order valence-corrected chi connectivity index (χ2v) is 5.80. The smallest absolute Gasteiger partial charge is 0.308 e. The second-order valence-electron chi connectivity index (χ2n) is 5.80. The van der Waals surface area contributed by atoms with Gasteiger partial charge in [-0.2, -0.15) is 0 Å². The summed E-state index contributed by atoms with van der Waals surface area (Å²) in [6.07, 6.45) is 0.111. The molecule has 1 saturated heterocycles. The Morgan fingerprint density at radius 3 is 2.69 bits per heavy atom. The number of nitrogens with zero attached hydrogens (tertiary/aromatic N) is 1. The Hall–Kier alpha value is -3.23. The summed E-state index contributed by atoms with van der Waals surface area (Å²) in [6, 6.07) is 3.48. The first kappa shape index (κ1) is 17.6. The molecule has 3 rings (SSSR count). The van der Waals surface area contributed by atoms with Gasteiger partial charge in [0, 0.05) is 6.42 Å². The molecular weight excluding hydrogens is 344 g/mol. The molecule has 0 spiro atoms. The van der Waals surface area contributed by atoms with Crippen molar-refractivity contribution in [1.82, 2.24) is 10.2 Å². The van der Waals surface area contributed by atoms with Gasteiger partial charge < -0.3 is 9.47 Å². The van der Waals surface area contributed by atoms with Gasteiger partial charge in [-0.25, -0.2) is 0 Å². The number of ether oxygens (including phenoxy) is 2. The van der Waals surface area contributed by atoms with E-state index in [1.54, 1.807) is 6.07 Å². The minimum atomic E-state index is -1.04. The molecular formula is C17H16N2O7. The fourth-order valence-corrected chi connectivity index (χ4v) is 2.95. The van der Waals surface area contributed by atoms with Crippen LogP contribution in [0.25, 0.3) is 0 Å². The van der Waals surface area contributed by atoms with Gasteiger partial charge in [-0.05, 0) is 18.6 Å². The first-order valence-corrected chi connectivity index (χ1v) is 7.98. The number of hydrogen-bond donors (Lipinski definition) is 1.